The van der Waals surface area contributed by atoms with Gasteiger partial charge in [0.1, 0.15) is 16.2 Å². The van der Waals surface area contributed by atoms with E-state index in [2.05, 4.69) is 4.98 Å². The Morgan fingerprint density at radius 2 is 2.29 bits per heavy atom. The average molecular weight is 327 g/mol. The van der Waals surface area contributed by atoms with E-state index in [0.717, 1.165) is 11.3 Å². The number of esters is 1. The molecule has 6 nitrogen and oxygen atoms in total. The standard InChI is InChI=1S/C13H13NO5S2/c1-3-18-12(17)8-4-5-19-9(8)6-20-13-14-7(2)10(21-13)11(15)16/h4-5H,3,6H2,1-2H3,(H,15,16). The van der Waals surface area contributed by atoms with Gasteiger partial charge in [-0.25, -0.2) is 14.6 Å². The molecular weight excluding hydrogens is 314 g/mol. The van der Waals surface area contributed by atoms with Gasteiger partial charge in [-0.05, 0) is 19.9 Å². The van der Waals surface area contributed by atoms with Crippen molar-refractivity contribution in [2.45, 2.75) is 23.9 Å². The fourth-order valence-corrected chi connectivity index (χ4v) is 3.58. The van der Waals surface area contributed by atoms with Crippen LogP contribution in [0.25, 0.3) is 0 Å². The predicted molar refractivity (Wildman–Crippen MR) is 78.0 cm³/mol. The first-order chi connectivity index (χ1) is 10.0. The number of furan rings is 1. The van der Waals surface area contributed by atoms with Crippen molar-refractivity contribution in [3.05, 3.63) is 34.2 Å². The minimum atomic E-state index is -0.984. The van der Waals surface area contributed by atoms with Gasteiger partial charge >= 0.3 is 11.9 Å². The topological polar surface area (TPSA) is 89.6 Å². The second kappa shape index (κ2) is 6.77. The minimum Gasteiger partial charge on any atom is -0.477 e. The second-order valence-corrected chi connectivity index (χ2v) is 6.19. The Balaban J connectivity index is 2.07. The van der Waals surface area contributed by atoms with Crippen LogP contribution in [0.2, 0.25) is 0 Å². The summed E-state index contributed by atoms with van der Waals surface area (Å²) in [6.45, 7) is 3.68. The lowest BCUT2D eigenvalue weighted by Gasteiger charge is -2.01. The zero-order valence-electron chi connectivity index (χ0n) is 11.4. The van der Waals surface area contributed by atoms with Crippen LogP contribution in [0.15, 0.2) is 21.1 Å². The molecule has 0 atom stereocenters. The van der Waals surface area contributed by atoms with E-state index in [0.29, 0.717) is 33.7 Å². The molecule has 0 aromatic carbocycles. The van der Waals surface area contributed by atoms with Gasteiger partial charge in [-0.2, -0.15) is 0 Å². The maximum atomic E-state index is 11.7. The number of thiazole rings is 1. The zero-order valence-corrected chi connectivity index (χ0v) is 13.0. The van der Waals surface area contributed by atoms with Gasteiger partial charge in [-0.15, -0.1) is 11.3 Å². The van der Waals surface area contributed by atoms with Gasteiger partial charge in [-0.3, -0.25) is 0 Å². The molecule has 0 aliphatic rings. The molecule has 21 heavy (non-hydrogen) atoms. The van der Waals surface area contributed by atoms with Crippen LogP contribution in [0.3, 0.4) is 0 Å². The monoisotopic (exact) mass is 327 g/mol. The first-order valence-electron chi connectivity index (χ1n) is 6.10. The van der Waals surface area contributed by atoms with Crippen molar-refractivity contribution in [1.29, 1.82) is 0 Å². The van der Waals surface area contributed by atoms with E-state index in [4.69, 9.17) is 14.3 Å². The highest BCUT2D eigenvalue weighted by atomic mass is 32.2. The fourth-order valence-electron chi connectivity index (χ4n) is 1.60. The van der Waals surface area contributed by atoms with E-state index in [1.165, 1.54) is 18.0 Å². The number of aromatic carboxylic acids is 1. The predicted octanol–water partition coefficient (Wildman–Crippen LogP) is 3.21. The summed E-state index contributed by atoms with van der Waals surface area (Å²) < 4.78 is 10.8. The summed E-state index contributed by atoms with van der Waals surface area (Å²) >= 11 is 2.43. The smallest absolute Gasteiger partial charge is 0.347 e. The second-order valence-electron chi connectivity index (χ2n) is 3.97. The molecule has 2 heterocycles. The summed E-state index contributed by atoms with van der Waals surface area (Å²) in [6, 6.07) is 1.56. The maximum absolute atomic E-state index is 11.7. The molecule has 0 aliphatic heterocycles. The molecule has 0 aliphatic carbocycles. The third-order valence-electron chi connectivity index (χ3n) is 2.54. The van der Waals surface area contributed by atoms with Crippen LogP contribution in [0, 0.1) is 6.92 Å². The van der Waals surface area contributed by atoms with Crippen LogP contribution < -0.4 is 0 Å². The van der Waals surface area contributed by atoms with Crippen molar-refractivity contribution in [3.63, 3.8) is 0 Å². The van der Waals surface area contributed by atoms with Gasteiger partial charge in [0, 0.05) is 0 Å². The average Bonchev–Trinajstić information content (AvgIpc) is 3.02. The van der Waals surface area contributed by atoms with E-state index >= 15 is 0 Å². The van der Waals surface area contributed by atoms with Crippen LogP contribution in [0.4, 0.5) is 0 Å². The Kier molecular flexibility index (Phi) is 5.03. The summed E-state index contributed by atoms with van der Waals surface area (Å²) in [7, 11) is 0. The molecule has 2 aromatic rings. The number of ether oxygens (including phenoxy) is 1. The molecule has 2 rings (SSSR count). The normalized spacial score (nSPS) is 10.6. The Morgan fingerprint density at radius 3 is 2.90 bits per heavy atom. The lowest BCUT2D eigenvalue weighted by Crippen LogP contribution is -2.05. The SMILES string of the molecule is CCOC(=O)c1ccoc1CSc1nc(C)c(C(=O)O)s1. The number of hydrogen-bond donors (Lipinski definition) is 1. The zero-order chi connectivity index (χ0) is 15.4. The lowest BCUT2D eigenvalue weighted by molar-refractivity contribution is 0.0523. The van der Waals surface area contributed by atoms with Crippen molar-refractivity contribution in [3.8, 4) is 0 Å². The molecular formula is C13H13NO5S2. The molecule has 0 amide bonds. The molecule has 0 saturated carbocycles. The molecule has 1 N–H and O–H groups in total. The number of aromatic nitrogens is 1. The summed E-state index contributed by atoms with van der Waals surface area (Å²) in [5, 5.41) is 8.99. The third kappa shape index (κ3) is 3.64. The number of aryl methyl sites for hydroxylation is 1. The van der Waals surface area contributed by atoms with Gasteiger partial charge in [0.15, 0.2) is 4.34 Å². The summed E-state index contributed by atoms with van der Waals surface area (Å²) in [6.07, 6.45) is 1.43. The molecule has 0 unspecified atom stereocenters. The van der Waals surface area contributed by atoms with E-state index in [9.17, 15) is 9.59 Å². The van der Waals surface area contributed by atoms with Crippen molar-refractivity contribution < 1.29 is 23.8 Å². The largest absolute Gasteiger partial charge is 0.477 e. The molecule has 2 aromatic heterocycles. The molecule has 0 saturated heterocycles. The highest BCUT2D eigenvalue weighted by molar-refractivity contribution is 8.00. The Hall–Kier alpha value is -1.80. The van der Waals surface area contributed by atoms with Crippen molar-refractivity contribution in [2.75, 3.05) is 6.61 Å². The van der Waals surface area contributed by atoms with E-state index in [1.54, 1.807) is 19.9 Å². The van der Waals surface area contributed by atoms with Crippen molar-refractivity contribution in [1.82, 2.24) is 4.98 Å². The number of thioether (sulfide) groups is 1. The van der Waals surface area contributed by atoms with Crippen LogP contribution in [0.1, 0.15) is 38.4 Å². The van der Waals surface area contributed by atoms with Crippen molar-refractivity contribution in [2.24, 2.45) is 0 Å². The maximum Gasteiger partial charge on any atom is 0.347 e. The number of rotatable bonds is 6. The number of carboxylic acids is 1. The summed E-state index contributed by atoms with van der Waals surface area (Å²) in [4.78, 5) is 27.1. The molecule has 0 radical (unpaired) electrons. The number of hydrogen-bond acceptors (Lipinski definition) is 7. The number of nitrogens with zero attached hydrogens (tertiary/aromatic N) is 1. The Morgan fingerprint density at radius 1 is 1.52 bits per heavy atom. The summed E-state index contributed by atoms with van der Waals surface area (Å²) in [5.41, 5.74) is 0.871. The molecule has 0 bridgehead atoms. The molecule has 8 heteroatoms. The quantitative estimate of drug-likeness (QED) is 0.643. The Bertz CT molecular complexity index is 661. The van der Waals surface area contributed by atoms with Gasteiger partial charge in [0.2, 0.25) is 0 Å². The molecule has 0 spiro atoms. The first kappa shape index (κ1) is 15.6. The molecule has 0 fully saturated rings. The van der Waals surface area contributed by atoms with Crippen LogP contribution in [-0.2, 0) is 10.5 Å². The van der Waals surface area contributed by atoms with E-state index in [-0.39, 0.29) is 4.88 Å². The highest BCUT2D eigenvalue weighted by Crippen LogP contribution is 2.30. The number of carbonyl (C=O) groups is 2. The number of carboxylic acid groups (broad SMARTS) is 1. The van der Waals surface area contributed by atoms with Crippen LogP contribution in [-0.4, -0.2) is 28.6 Å². The van der Waals surface area contributed by atoms with Crippen molar-refractivity contribution >= 4 is 35.0 Å². The van der Waals surface area contributed by atoms with Gasteiger partial charge in [0.05, 0.1) is 24.3 Å². The van der Waals surface area contributed by atoms with Gasteiger partial charge < -0.3 is 14.3 Å². The van der Waals surface area contributed by atoms with Crippen LogP contribution in [0.5, 0.6) is 0 Å². The Labute approximate surface area is 129 Å². The lowest BCUT2D eigenvalue weighted by atomic mass is 10.3. The number of carbonyl (C=O) groups excluding carboxylic acids is 1. The first-order valence-corrected chi connectivity index (χ1v) is 7.90. The van der Waals surface area contributed by atoms with E-state index < -0.39 is 11.9 Å². The molecule has 112 valence electrons. The van der Waals surface area contributed by atoms with Gasteiger partial charge in [0.25, 0.3) is 0 Å². The minimum absolute atomic E-state index is 0.225. The summed E-state index contributed by atoms with van der Waals surface area (Å²) in [5.74, 6) is -0.540. The van der Waals surface area contributed by atoms with Gasteiger partial charge in [-0.1, -0.05) is 11.8 Å². The third-order valence-corrected chi connectivity index (χ3v) is 4.83. The fraction of sp³-hybridized carbons (Fsp3) is 0.308. The van der Waals surface area contributed by atoms with E-state index in [1.807, 2.05) is 0 Å². The van der Waals surface area contributed by atoms with Crippen LogP contribution >= 0.6 is 23.1 Å². The highest BCUT2D eigenvalue weighted by Gasteiger charge is 2.18.